The maximum atomic E-state index is 12.0. The van der Waals surface area contributed by atoms with Gasteiger partial charge in [-0.25, -0.2) is 4.98 Å². The summed E-state index contributed by atoms with van der Waals surface area (Å²) >= 11 is 0. The molecular weight excluding hydrogens is 548 g/mol. The van der Waals surface area contributed by atoms with Crippen LogP contribution in [0.4, 0.5) is 0 Å². The molecule has 0 bridgehead atoms. The van der Waals surface area contributed by atoms with E-state index in [1.807, 2.05) is 6.92 Å². The Labute approximate surface area is 247 Å². The Morgan fingerprint density at radius 3 is 2.10 bits per heavy atom. The molecule has 42 heavy (non-hydrogen) atoms. The topological polar surface area (TPSA) is 210 Å². The number of carboxylic acids is 2. The van der Waals surface area contributed by atoms with Gasteiger partial charge in [0.05, 0.1) is 24.5 Å². The first-order chi connectivity index (χ1) is 19.8. The molecule has 14 nitrogen and oxygen atoms in total. The lowest BCUT2D eigenvalue weighted by atomic mass is 10.0. The molecule has 1 unspecified atom stereocenters. The number of aromatic hydroxyl groups is 2. The van der Waals surface area contributed by atoms with E-state index in [4.69, 9.17) is 10.8 Å². The van der Waals surface area contributed by atoms with Gasteiger partial charge in [0.1, 0.15) is 11.5 Å². The van der Waals surface area contributed by atoms with Crippen molar-refractivity contribution in [3.8, 4) is 11.5 Å². The van der Waals surface area contributed by atoms with E-state index in [2.05, 4.69) is 15.2 Å². The number of carboxylic acid groups (broad SMARTS) is 2. The number of amides is 2. The van der Waals surface area contributed by atoms with Crippen LogP contribution in [0.2, 0.25) is 0 Å². The van der Waals surface area contributed by atoms with Crippen LogP contribution in [0, 0.1) is 5.92 Å². The van der Waals surface area contributed by atoms with Crippen LogP contribution < -0.4 is 11.1 Å². The lowest BCUT2D eigenvalue weighted by Crippen LogP contribution is -2.38. The fraction of sp³-hybridized carbons (Fsp3) is 0.679. The third kappa shape index (κ3) is 15.5. The lowest BCUT2D eigenvalue weighted by Gasteiger charge is -2.26. The van der Waals surface area contributed by atoms with Crippen molar-refractivity contribution in [3.63, 3.8) is 0 Å². The number of pyridine rings is 1. The molecule has 14 heteroatoms. The van der Waals surface area contributed by atoms with Crippen molar-refractivity contribution in [3.05, 3.63) is 17.5 Å². The van der Waals surface area contributed by atoms with Gasteiger partial charge in [-0.3, -0.25) is 29.0 Å². The minimum atomic E-state index is -1.03. The van der Waals surface area contributed by atoms with Gasteiger partial charge in [0.25, 0.3) is 0 Å². The maximum Gasteiger partial charge on any atom is 0.317 e. The summed E-state index contributed by atoms with van der Waals surface area (Å²) in [6.45, 7) is 6.58. The zero-order chi connectivity index (χ0) is 31.7. The predicted octanol–water partition coefficient (Wildman–Crippen LogP) is 0.796. The highest BCUT2D eigenvalue weighted by Gasteiger charge is 2.19. The Kier molecular flexibility index (Phi) is 17.0. The first kappa shape index (κ1) is 36.5. The molecule has 0 aliphatic rings. The highest BCUT2D eigenvalue weighted by atomic mass is 16.4. The monoisotopic (exact) mass is 596 g/mol. The van der Waals surface area contributed by atoms with Gasteiger partial charge in [0, 0.05) is 51.1 Å². The maximum absolute atomic E-state index is 12.0. The summed E-state index contributed by atoms with van der Waals surface area (Å²) in [4.78, 5) is 55.0. The van der Waals surface area contributed by atoms with E-state index in [0.29, 0.717) is 26.1 Å². The third-order valence-electron chi connectivity index (χ3n) is 6.84. The number of nitrogens with one attached hydrogen (secondary N) is 1. The zero-order valence-corrected chi connectivity index (χ0v) is 25.0. The number of aliphatic carboxylic acids is 2. The van der Waals surface area contributed by atoms with Gasteiger partial charge in [-0.05, 0) is 39.4 Å². The van der Waals surface area contributed by atoms with Crippen molar-refractivity contribution in [2.75, 3.05) is 52.9 Å². The number of nitrogens with two attached hydrogens (primary N) is 1. The second kappa shape index (κ2) is 19.6. The molecule has 0 spiro atoms. The van der Waals surface area contributed by atoms with E-state index in [1.165, 1.54) is 4.90 Å². The second-order valence-corrected chi connectivity index (χ2v) is 10.6. The summed E-state index contributed by atoms with van der Waals surface area (Å²) in [7, 11) is 1.56. The third-order valence-corrected chi connectivity index (χ3v) is 6.84. The summed E-state index contributed by atoms with van der Waals surface area (Å²) in [5, 5.41) is 41.8. The average Bonchev–Trinajstić information content (AvgIpc) is 2.89. The van der Waals surface area contributed by atoms with E-state index in [9.17, 15) is 34.5 Å². The van der Waals surface area contributed by atoms with Gasteiger partial charge < -0.3 is 36.4 Å². The Bertz CT molecular complexity index is 1020. The average molecular weight is 597 g/mol. The van der Waals surface area contributed by atoms with Crippen LogP contribution in [0.5, 0.6) is 11.5 Å². The van der Waals surface area contributed by atoms with Crippen molar-refractivity contribution in [2.45, 2.75) is 65.5 Å². The molecule has 0 aliphatic heterocycles. The largest absolute Gasteiger partial charge is 0.506 e. The molecule has 2 amide bonds. The second-order valence-electron chi connectivity index (χ2n) is 10.6. The SMILES string of the molecule is CCN(CCCCCCNC(=O)C(C)CCC(N)=O)CCN(CC(=O)O)Cc1nc(CN(C)CC(=O)O)c(O)cc1O. The minimum Gasteiger partial charge on any atom is -0.506 e. The number of carbonyl (C=O) groups is 4. The Morgan fingerprint density at radius 2 is 1.50 bits per heavy atom. The number of hydrogen-bond donors (Lipinski definition) is 6. The Balaban J connectivity index is 2.54. The molecule has 0 saturated heterocycles. The lowest BCUT2D eigenvalue weighted by molar-refractivity contribution is -0.139. The van der Waals surface area contributed by atoms with Crippen molar-refractivity contribution in [2.24, 2.45) is 11.7 Å². The number of primary amides is 1. The number of likely N-dealkylation sites (N-methyl/N-ethyl adjacent to an activating group) is 2. The first-order valence-electron chi connectivity index (χ1n) is 14.4. The zero-order valence-electron chi connectivity index (χ0n) is 25.0. The van der Waals surface area contributed by atoms with Gasteiger partial charge >= 0.3 is 11.9 Å². The normalized spacial score (nSPS) is 12.1. The van der Waals surface area contributed by atoms with Crippen molar-refractivity contribution in [1.29, 1.82) is 0 Å². The number of nitrogens with zero attached hydrogens (tertiary/aromatic N) is 4. The van der Waals surface area contributed by atoms with Crippen LogP contribution in [0.25, 0.3) is 0 Å². The molecule has 1 atom stereocenters. The number of rotatable bonds is 23. The summed E-state index contributed by atoms with van der Waals surface area (Å²) in [5.41, 5.74) is 5.52. The highest BCUT2D eigenvalue weighted by Crippen LogP contribution is 2.26. The summed E-state index contributed by atoms with van der Waals surface area (Å²) in [6, 6.07) is 1.14. The van der Waals surface area contributed by atoms with E-state index >= 15 is 0 Å². The molecule has 1 aromatic heterocycles. The number of carbonyl (C=O) groups excluding carboxylic acids is 2. The molecule has 1 rings (SSSR count). The Hall–Kier alpha value is -3.49. The van der Waals surface area contributed by atoms with E-state index in [0.717, 1.165) is 44.8 Å². The van der Waals surface area contributed by atoms with E-state index in [-0.39, 0.29) is 67.3 Å². The van der Waals surface area contributed by atoms with Gasteiger partial charge in [-0.2, -0.15) is 0 Å². The molecule has 0 aliphatic carbocycles. The van der Waals surface area contributed by atoms with Crippen molar-refractivity contribution < 1.29 is 39.6 Å². The number of unbranched alkanes of at least 4 members (excludes halogenated alkanes) is 3. The van der Waals surface area contributed by atoms with E-state index in [1.54, 1.807) is 18.9 Å². The molecule has 0 aromatic carbocycles. The van der Waals surface area contributed by atoms with Gasteiger partial charge in [-0.15, -0.1) is 0 Å². The molecule has 238 valence electrons. The first-order valence-corrected chi connectivity index (χ1v) is 14.4. The van der Waals surface area contributed by atoms with Crippen molar-refractivity contribution >= 4 is 23.8 Å². The molecule has 0 fully saturated rings. The van der Waals surface area contributed by atoms with E-state index < -0.39 is 17.8 Å². The smallest absolute Gasteiger partial charge is 0.317 e. The summed E-state index contributed by atoms with van der Waals surface area (Å²) in [5.74, 6) is -3.32. The molecule has 1 heterocycles. The highest BCUT2D eigenvalue weighted by molar-refractivity contribution is 5.79. The fourth-order valence-corrected chi connectivity index (χ4v) is 4.37. The fourth-order valence-electron chi connectivity index (χ4n) is 4.37. The summed E-state index contributed by atoms with van der Waals surface area (Å²) in [6.07, 6.45) is 4.37. The molecule has 0 radical (unpaired) electrons. The quantitative estimate of drug-likeness (QED) is 0.0969. The van der Waals surface area contributed by atoms with Crippen LogP contribution in [0.1, 0.15) is 63.8 Å². The molecule has 1 aromatic rings. The molecule has 7 N–H and O–H groups in total. The van der Waals surface area contributed by atoms with Gasteiger partial charge in [0.2, 0.25) is 11.8 Å². The van der Waals surface area contributed by atoms with Crippen LogP contribution in [0.15, 0.2) is 6.07 Å². The van der Waals surface area contributed by atoms with Crippen LogP contribution >= 0.6 is 0 Å². The standard InChI is InChI=1S/C28H48N6O8/c1-4-33(12-8-6-5-7-11-30-28(42)20(2)9-10-25(29)37)13-14-34(19-27(40)41)17-22-24(36)15-23(35)21(31-22)16-32(3)18-26(38)39/h15,20,35-36H,4-14,16-19H2,1-3H3,(H2,29,37)(H,30,42)(H,38,39)(H,40,41). The molecular formula is C28H48N6O8. The predicted molar refractivity (Wildman–Crippen MR) is 156 cm³/mol. The van der Waals surface area contributed by atoms with Crippen molar-refractivity contribution in [1.82, 2.24) is 25.0 Å². The van der Waals surface area contributed by atoms with Gasteiger partial charge in [0.15, 0.2) is 0 Å². The minimum absolute atomic E-state index is 0.0381. The van der Waals surface area contributed by atoms with Crippen LogP contribution in [0.3, 0.4) is 0 Å². The summed E-state index contributed by atoms with van der Waals surface area (Å²) < 4.78 is 0. The van der Waals surface area contributed by atoms with Gasteiger partial charge in [-0.1, -0.05) is 26.7 Å². The number of hydrogen-bond acceptors (Lipinski definition) is 10. The van der Waals surface area contributed by atoms with Crippen LogP contribution in [-0.2, 0) is 32.3 Å². The van der Waals surface area contributed by atoms with Crippen LogP contribution in [-0.4, -0.2) is 117 Å². The molecule has 0 saturated carbocycles. The Morgan fingerprint density at radius 1 is 0.905 bits per heavy atom. The number of aromatic nitrogens is 1.